The van der Waals surface area contributed by atoms with Crippen molar-refractivity contribution in [3.63, 3.8) is 0 Å². The van der Waals surface area contributed by atoms with Crippen molar-refractivity contribution in [3.05, 3.63) is 46.6 Å². The summed E-state index contributed by atoms with van der Waals surface area (Å²) in [6.07, 6.45) is 14.8. The van der Waals surface area contributed by atoms with Crippen molar-refractivity contribution in [2.24, 2.45) is 5.41 Å². The molecule has 4 heteroatoms. The van der Waals surface area contributed by atoms with Crippen LogP contribution in [0, 0.1) is 5.41 Å². The largest absolute Gasteiger partial charge is 0.460 e. The van der Waals surface area contributed by atoms with Gasteiger partial charge < -0.3 is 9.72 Å². The predicted molar refractivity (Wildman–Crippen MR) is 112 cm³/mol. The zero-order chi connectivity index (χ0) is 19.9. The predicted octanol–water partition coefficient (Wildman–Crippen LogP) is 6.24. The fourth-order valence-corrected chi connectivity index (χ4v) is 3.62. The number of H-pyrrole nitrogens is 1. The van der Waals surface area contributed by atoms with E-state index in [1.165, 1.54) is 30.4 Å². The van der Waals surface area contributed by atoms with Gasteiger partial charge in [0.05, 0.1) is 18.5 Å². The Labute approximate surface area is 163 Å². The number of carbonyl (C=O) groups excluding carboxylic acids is 1. The van der Waals surface area contributed by atoms with E-state index in [-0.39, 0.29) is 17.2 Å². The Morgan fingerprint density at radius 2 is 2.15 bits per heavy atom. The molecule has 0 amide bonds. The second-order valence-corrected chi connectivity index (χ2v) is 8.18. The van der Waals surface area contributed by atoms with Gasteiger partial charge in [0, 0.05) is 0 Å². The van der Waals surface area contributed by atoms with Gasteiger partial charge in [-0.1, -0.05) is 51.3 Å². The first-order valence-electron chi connectivity index (χ1n) is 10.1. The normalized spacial score (nSPS) is 17.6. The van der Waals surface area contributed by atoms with E-state index < -0.39 is 0 Å². The quantitative estimate of drug-likeness (QED) is 0.334. The molecule has 1 heterocycles. The Kier molecular flexibility index (Phi) is 7.64. The average molecular weight is 371 g/mol. The van der Waals surface area contributed by atoms with Gasteiger partial charge in [-0.2, -0.15) is 0 Å². The van der Waals surface area contributed by atoms with E-state index in [1.54, 1.807) is 6.20 Å². The molecule has 1 aliphatic carbocycles. The summed E-state index contributed by atoms with van der Waals surface area (Å²) >= 11 is 0. The Hall–Kier alpha value is -2.10. The maximum absolute atomic E-state index is 12.0. The molecule has 0 spiro atoms. The molecular formula is C23H34N2O2. The van der Waals surface area contributed by atoms with Gasteiger partial charge in [0.1, 0.15) is 0 Å². The van der Waals surface area contributed by atoms with Crippen LogP contribution < -0.4 is 0 Å². The molecule has 1 aromatic rings. The number of rotatable bonds is 8. The van der Waals surface area contributed by atoms with Gasteiger partial charge in [0.15, 0.2) is 0 Å². The van der Waals surface area contributed by atoms with E-state index in [4.69, 9.17) is 4.74 Å². The lowest BCUT2D eigenvalue weighted by molar-refractivity contribution is 0.0485. The molecule has 27 heavy (non-hydrogen) atoms. The molecule has 0 unspecified atom stereocenters. The number of hydrogen-bond donors (Lipinski definition) is 1. The molecule has 0 fully saturated rings. The van der Waals surface area contributed by atoms with Crippen LogP contribution in [0.15, 0.2) is 35.1 Å². The smallest absolute Gasteiger partial charge is 0.374 e. The third-order valence-corrected chi connectivity index (χ3v) is 5.21. The summed E-state index contributed by atoms with van der Waals surface area (Å²) in [6.45, 7) is 11.5. The molecule has 0 bridgehead atoms. The number of allylic oxidation sites excluding steroid dienone is 5. The molecule has 0 radical (unpaired) electrons. The summed E-state index contributed by atoms with van der Waals surface area (Å²) in [4.78, 5) is 19.2. The second-order valence-electron chi connectivity index (χ2n) is 8.18. The van der Waals surface area contributed by atoms with Crippen molar-refractivity contribution >= 4 is 12.0 Å². The molecule has 148 valence electrons. The van der Waals surface area contributed by atoms with Crippen molar-refractivity contribution in [2.45, 2.75) is 73.1 Å². The van der Waals surface area contributed by atoms with Crippen LogP contribution in [-0.2, 0) is 4.74 Å². The monoisotopic (exact) mass is 370 g/mol. The fourth-order valence-electron chi connectivity index (χ4n) is 3.62. The molecule has 2 rings (SSSR count). The number of ether oxygens (including phenoxy) is 1. The maximum Gasteiger partial charge on any atom is 0.374 e. The molecule has 1 aliphatic rings. The summed E-state index contributed by atoms with van der Waals surface area (Å²) in [5.41, 5.74) is 5.10. The Morgan fingerprint density at radius 1 is 1.37 bits per heavy atom. The van der Waals surface area contributed by atoms with Crippen LogP contribution in [0.4, 0.5) is 0 Å². The number of carbonyl (C=O) groups is 1. The SMILES string of the molecule is CCCCCOC(=O)c1ncc(/C=C(\C)C=CC2=C(C)CCCC2(C)C)[nH]1. The molecule has 0 saturated carbocycles. The number of imidazole rings is 1. The van der Waals surface area contributed by atoms with Crippen LogP contribution >= 0.6 is 0 Å². The highest BCUT2D eigenvalue weighted by Gasteiger charge is 2.26. The van der Waals surface area contributed by atoms with Crippen molar-refractivity contribution in [2.75, 3.05) is 6.61 Å². The Balaban J connectivity index is 2.00. The van der Waals surface area contributed by atoms with Gasteiger partial charge in [0.25, 0.3) is 0 Å². The number of hydrogen-bond acceptors (Lipinski definition) is 3. The molecule has 1 aromatic heterocycles. The number of aromatic amines is 1. The van der Waals surface area contributed by atoms with Crippen molar-refractivity contribution in [1.82, 2.24) is 9.97 Å². The molecule has 0 aromatic carbocycles. The van der Waals surface area contributed by atoms with E-state index in [0.717, 1.165) is 30.5 Å². The second kappa shape index (κ2) is 9.72. The molecule has 0 aliphatic heterocycles. The highest BCUT2D eigenvalue weighted by atomic mass is 16.5. The van der Waals surface area contributed by atoms with Crippen LogP contribution in [0.25, 0.3) is 6.08 Å². The Bertz CT molecular complexity index is 735. The molecular weight excluding hydrogens is 336 g/mol. The van der Waals surface area contributed by atoms with Crippen LogP contribution in [0.5, 0.6) is 0 Å². The molecule has 0 atom stereocenters. The van der Waals surface area contributed by atoms with E-state index in [1.807, 2.05) is 6.08 Å². The van der Waals surface area contributed by atoms with Crippen molar-refractivity contribution in [1.29, 1.82) is 0 Å². The Morgan fingerprint density at radius 3 is 2.85 bits per heavy atom. The van der Waals surface area contributed by atoms with Gasteiger partial charge in [-0.05, 0) is 62.2 Å². The van der Waals surface area contributed by atoms with Gasteiger partial charge >= 0.3 is 5.97 Å². The van der Waals surface area contributed by atoms with E-state index >= 15 is 0 Å². The standard InChI is InChI=1S/C23H34N2O2/c1-6-7-8-14-27-22(26)21-24-16-19(25-21)15-17(2)11-12-20-18(3)10-9-13-23(20,4)5/h11-12,15-16H,6-10,13-14H2,1-5H3,(H,24,25)/b12-11?,17-15+. The zero-order valence-corrected chi connectivity index (χ0v) is 17.5. The third-order valence-electron chi connectivity index (χ3n) is 5.21. The van der Waals surface area contributed by atoms with E-state index in [0.29, 0.717) is 6.61 Å². The van der Waals surface area contributed by atoms with Crippen LogP contribution in [0.1, 0.15) is 89.5 Å². The number of esters is 1. The van der Waals surface area contributed by atoms with Crippen LogP contribution in [0.2, 0.25) is 0 Å². The lowest BCUT2D eigenvalue weighted by Crippen LogP contribution is -2.19. The first-order chi connectivity index (χ1) is 12.8. The van der Waals surface area contributed by atoms with Gasteiger partial charge in [-0.3, -0.25) is 0 Å². The van der Waals surface area contributed by atoms with Crippen molar-refractivity contribution < 1.29 is 9.53 Å². The first-order valence-corrected chi connectivity index (χ1v) is 10.1. The lowest BCUT2D eigenvalue weighted by atomic mass is 9.72. The summed E-state index contributed by atoms with van der Waals surface area (Å²) in [5, 5.41) is 0. The van der Waals surface area contributed by atoms with E-state index in [2.05, 4.69) is 56.7 Å². The maximum atomic E-state index is 12.0. The van der Waals surface area contributed by atoms with Gasteiger partial charge in [-0.15, -0.1) is 0 Å². The number of unbranched alkanes of at least 4 members (excludes halogenated alkanes) is 2. The molecule has 0 saturated heterocycles. The summed E-state index contributed by atoms with van der Waals surface area (Å²) in [5.74, 6) is -0.120. The third kappa shape index (κ3) is 6.23. The lowest BCUT2D eigenvalue weighted by Gasteiger charge is -2.32. The fraction of sp³-hybridized carbons (Fsp3) is 0.565. The summed E-state index contributed by atoms with van der Waals surface area (Å²) in [6, 6.07) is 0. The highest BCUT2D eigenvalue weighted by Crippen LogP contribution is 2.40. The van der Waals surface area contributed by atoms with Crippen LogP contribution in [0.3, 0.4) is 0 Å². The van der Waals surface area contributed by atoms with Crippen LogP contribution in [-0.4, -0.2) is 22.5 Å². The van der Waals surface area contributed by atoms with Gasteiger partial charge in [-0.25, -0.2) is 9.78 Å². The number of nitrogens with one attached hydrogen (secondary N) is 1. The first kappa shape index (κ1) is 21.2. The highest BCUT2D eigenvalue weighted by molar-refractivity contribution is 5.85. The number of nitrogens with zero attached hydrogens (tertiary/aromatic N) is 1. The zero-order valence-electron chi connectivity index (χ0n) is 17.5. The molecule has 4 nitrogen and oxygen atoms in total. The number of aromatic nitrogens is 2. The molecule has 1 N–H and O–H groups in total. The summed E-state index contributed by atoms with van der Waals surface area (Å²) in [7, 11) is 0. The van der Waals surface area contributed by atoms with Crippen molar-refractivity contribution in [3.8, 4) is 0 Å². The minimum absolute atomic E-state index is 0.238. The summed E-state index contributed by atoms with van der Waals surface area (Å²) < 4.78 is 5.24. The minimum Gasteiger partial charge on any atom is -0.460 e. The topological polar surface area (TPSA) is 55.0 Å². The minimum atomic E-state index is -0.385. The van der Waals surface area contributed by atoms with Gasteiger partial charge in [0.2, 0.25) is 5.82 Å². The average Bonchev–Trinajstić information content (AvgIpc) is 3.06. The van der Waals surface area contributed by atoms with E-state index in [9.17, 15) is 4.79 Å².